The summed E-state index contributed by atoms with van der Waals surface area (Å²) in [5, 5.41) is 0.296. The number of aryl methyl sites for hydroxylation is 1. The highest BCUT2D eigenvalue weighted by atomic mass is 79.9. The summed E-state index contributed by atoms with van der Waals surface area (Å²) in [7, 11) is -3.52. The van der Waals surface area contributed by atoms with Gasteiger partial charge in [-0.1, -0.05) is 13.0 Å². The van der Waals surface area contributed by atoms with Crippen LogP contribution in [-0.4, -0.2) is 36.3 Å². The SMILES string of the molecule is Cc1cc(CCl)cc(S(=O)(=O)N2CCSC(C)C2C)c1Br. The predicted molar refractivity (Wildman–Crippen MR) is 93.7 cm³/mol. The molecule has 7 heteroatoms. The van der Waals surface area contributed by atoms with Crippen molar-refractivity contribution in [2.75, 3.05) is 12.3 Å². The van der Waals surface area contributed by atoms with Crippen molar-refractivity contribution in [2.45, 2.75) is 42.8 Å². The second kappa shape index (κ2) is 6.79. The van der Waals surface area contributed by atoms with Crippen LogP contribution in [0.3, 0.4) is 0 Å². The molecule has 0 N–H and O–H groups in total. The molecule has 0 radical (unpaired) electrons. The van der Waals surface area contributed by atoms with E-state index in [1.807, 2.05) is 31.7 Å². The van der Waals surface area contributed by atoms with Gasteiger partial charge in [-0.3, -0.25) is 0 Å². The molecule has 21 heavy (non-hydrogen) atoms. The molecule has 0 bridgehead atoms. The average molecular weight is 413 g/mol. The molecule has 0 amide bonds. The summed E-state index contributed by atoms with van der Waals surface area (Å²) in [6.07, 6.45) is 0. The van der Waals surface area contributed by atoms with Gasteiger partial charge in [-0.15, -0.1) is 11.6 Å². The van der Waals surface area contributed by atoms with E-state index in [9.17, 15) is 8.42 Å². The number of alkyl halides is 1. The summed E-state index contributed by atoms with van der Waals surface area (Å²) in [4.78, 5) is 0.323. The zero-order valence-corrected chi connectivity index (χ0v) is 16.2. The van der Waals surface area contributed by atoms with E-state index in [2.05, 4.69) is 22.9 Å². The third kappa shape index (κ3) is 3.44. The zero-order chi connectivity index (χ0) is 15.8. The van der Waals surface area contributed by atoms with E-state index < -0.39 is 10.0 Å². The van der Waals surface area contributed by atoms with E-state index in [1.165, 1.54) is 0 Å². The third-order valence-electron chi connectivity index (χ3n) is 3.85. The summed E-state index contributed by atoms with van der Waals surface area (Å²) in [6, 6.07) is 3.58. The minimum absolute atomic E-state index is 0.0133. The monoisotopic (exact) mass is 411 g/mol. The van der Waals surface area contributed by atoms with Crippen LogP contribution in [0, 0.1) is 6.92 Å². The maximum Gasteiger partial charge on any atom is 0.244 e. The van der Waals surface area contributed by atoms with Crippen molar-refractivity contribution in [1.82, 2.24) is 4.31 Å². The first kappa shape index (κ1) is 17.6. The molecule has 2 unspecified atom stereocenters. The fourth-order valence-electron chi connectivity index (χ4n) is 2.45. The van der Waals surface area contributed by atoms with Crippen LogP contribution < -0.4 is 0 Å². The molecule has 2 rings (SSSR count). The Morgan fingerprint density at radius 3 is 2.71 bits per heavy atom. The van der Waals surface area contributed by atoms with Gasteiger partial charge in [-0.25, -0.2) is 8.42 Å². The maximum absolute atomic E-state index is 13.0. The van der Waals surface area contributed by atoms with Gasteiger partial charge in [0.2, 0.25) is 10.0 Å². The van der Waals surface area contributed by atoms with Crippen molar-refractivity contribution in [3.63, 3.8) is 0 Å². The standard InChI is InChI=1S/C14H19BrClNO2S2/c1-9-6-12(8-16)7-13(14(9)15)21(18,19)17-4-5-20-11(3)10(17)2/h6-7,10-11H,4-5,8H2,1-3H3. The quantitative estimate of drug-likeness (QED) is 0.704. The van der Waals surface area contributed by atoms with Crippen LogP contribution in [0.2, 0.25) is 0 Å². The molecule has 1 saturated heterocycles. The van der Waals surface area contributed by atoms with E-state index in [0.29, 0.717) is 27.0 Å². The molecule has 0 saturated carbocycles. The fourth-order valence-corrected chi connectivity index (χ4v) is 6.63. The molecule has 1 aliphatic heterocycles. The van der Waals surface area contributed by atoms with Gasteiger partial charge in [-0.05, 0) is 47.0 Å². The number of thioether (sulfide) groups is 1. The van der Waals surface area contributed by atoms with E-state index in [0.717, 1.165) is 16.9 Å². The van der Waals surface area contributed by atoms with E-state index in [-0.39, 0.29) is 6.04 Å². The number of halogens is 2. The Morgan fingerprint density at radius 2 is 2.10 bits per heavy atom. The molecule has 2 atom stereocenters. The highest BCUT2D eigenvalue weighted by Crippen LogP contribution is 2.34. The van der Waals surface area contributed by atoms with Crippen LogP contribution in [0.4, 0.5) is 0 Å². The van der Waals surface area contributed by atoms with E-state index in [1.54, 1.807) is 10.4 Å². The van der Waals surface area contributed by atoms with Crippen LogP contribution in [-0.2, 0) is 15.9 Å². The Hall–Kier alpha value is 0.250. The molecule has 1 aromatic carbocycles. The second-order valence-electron chi connectivity index (χ2n) is 5.29. The van der Waals surface area contributed by atoms with Crippen molar-refractivity contribution in [3.05, 3.63) is 27.7 Å². The third-order valence-corrected chi connectivity index (χ3v) is 8.82. The van der Waals surface area contributed by atoms with Crippen LogP contribution in [0.25, 0.3) is 0 Å². The molecule has 0 spiro atoms. The van der Waals surface area contributed by atoms with Crippen LogP contribution >= 0.6 is 39.3 Å². The molecule has 3 nitrogen and oxygen atoms in total. The summed E-state index contributed by atoms with van der Waals surface area (Å²) in [6.45, 7) is 6.49. The summed E-state index contributed by atoms with van der Waals surface area (Å²) in [5.41, 5.74) is 1.71. The maximum atomic E-state index is 13.0. The molecule has 1 heterocycles. The molecule has 1 fully saturated rings. The second-order valence-corrected chi connectivity index (χ2v) is 9.70. The Labute approximate surface area is 144 Å². The van der Waals surface area contributed by atoms with Crippen molar-refractivity contribution >= 4 is 49.3 Å². The number of nitrogens with zero attached hydrogens (tertiary/aromatic N) is 1. The van der Waals surface area contributed by atoms with Gasteiger partial charge >= 0.3 is 0 Å². The van der Waals surface area contributed by atoms with Crippen molar-refractivity contribution < 1.29 is 8.42 Å². The van der Waals surface area contributed by atoms with Crippen molar-refractivity contribution in [2.24, 2.45) is 0 Å². The number of hydrogen-bond acceptors (Lipinski definition) is 3. The zero-order valence-electron chi connectivity index (χ0n) is 12.3. The molecular formula is C14H19BrClNO2S2. The number of hydrogen-bond donors (Lipinski definition) is 0. The van der Waals surface area contributed by atoms with Gasteiger partial charge in [-0.2, -0.15) is 16.1 Å². The smallest absolute Gasteiger partial charge is 0.207 e. The summed E-state index contributed by atoms with van der Waals surface area (Å²) in [5.74, 6) is 1.13. The Kier molecular flexibility index (Phi) is 5.69. The fraction of sp³-hybridized carbons (Fsp3) is 0.571. The molecule has 118 valence electrons. The average Bonchev–Trinajstić information content (AvgIpc) is 2.44. The lowest BCUT2D eigenvalue weighted by molar-refractivity contribution is 0.340. The minimum Gasteiger partial charge on any atom is -0.207 e. The highest BCUT2D eigenvalue weighted by molar-refractivity contribution is 9.10. The van der Waals surface area contributed by atoms with Gasteiger partial charge < -0.3 is 0 Å². The first-order valence-corrected chi connectivity index (χ1v) is 10.6. The predicted octanol–water partition coefficient (Wildman–Crippen LogP) is 4.01. The van der Waals surface area contributed by atoms with Gasteiger partial charge in [0, 0.05) is 33.9 Å². The number of rotatable bonds is 3. The normalized spacial score (nSPS) is 24.2. The molecule has 0 aliphatic carbocycles. The summed E-state index contributed by atoms with van der Waals surface area (Å²) >= 11 is 11.1. The number of sulfonamides is 1. The van der Waals surface area contributed by atoms with Gasteiger partial charge in [0.25, 0.3) is 0 Å². The van der Waals surface area contributed by atoms with Crippen LogP contribution in [0.15, 0.2) is 21.5 Å². The van der Waals surface area contributed by atoms with Crippen LogP contribution in [0.1, 0.15) is 25.0 Å². The largest absolute Gasteiger partial charge is 0.244 e. The Morgan fingerprint density at radius 1 is 1.43 bits per heavy atom. The van der Waals surface area contributed by atoms with Crippen molar-refractivity contribution in [3.8, 4) is 0 Å². The van der Waals surface area contributed by atoms with Gasteiger partial charge in [0.05, 0.1) is 4.90 Å². The van der Waals surface area contributed by atoms with Crippen molar-refractivity contribution in [1.29, 1.82) is 0 Å². The molecule has 1 aliphatic rings. The minimum atomic E-state index is -3.52. The highest BCUT2D eigenvalue weighted by Gasteiger charge is 2.36. The first-order valence-electron chi connectivity index (χ1n) is 6.77. The Bertz CT molecular complexity index is 636. The lowest BCUT2D eigenvalue weighted by Crippen LogP contribution is -2.47. The number of benzene rings is 1. The lowest BCUT2D eigenvalue weighted by atomic mass is 10.2. The van der Waals surface area contributed by atoms with Crippen LogP contribution in [0.5, 0.6) is 0 Å². The lowest BCUT2D eigenvalue weighted by Gasteiger charge is -2.36. The van der Waals surface area contributed by atoms with E-state index >= 15 is 0 Å². The molecular weight excluding hydrogens is 394 g/mol. The molecule has 0 aromatic heterocycles. The topological polar surface area (TPSA) is 37.4 Å². The van der Waals surface area contributed by atoms with E-state index in [4.69, 9.17) is 11.6 Å². The first-order chi connectivity index (χ1) is 9.78. The van der Waals surface area contributed by atoms with Gasteiger partial charge in [0.15, 0.2) is 0 Å². The summed E-state index contributed by atoms with van der Waals surface area (Å²) < 4.78 is 28.3. The molecule has 1 aromatic rings. The Balaban J connectivity index is 2.51. The van der Waals surface area contributed by atoms with Gasteiger partial charge in [0.1, 0.15) is 0 Å².